The minimum Gasteiger partial charge on any atom is -0.748 e. The molecule has 0 bridgehead atoms. The smallest absolute Gasteiger partial charge is 0.748 e. The first-order chi connectivity index (χ1) is 15.6. The van der Waals surface area contributed by atoms with Crippen LogP contribution >= 0.6 is 23.8 Å². The first kappa shape index (κ1) is 29.8. The number of hydrogen-bond donors (Lipinski definition) is 1. The Morgan fingerprint density at radius 1 is 1.38 bits per heavy atom. The zero-order valence-electron chi connectivity index (χ0n) is 18.8. The molecule has 3 rings (SSSR count). The second-order valence-electron chi connectivity index (χ2n) is 7.33. The van der Waals surface area contributed by atoms with E-state index in [1.807, 2.05) is 0 Å². The topological polar surface area (TPSA) is 136 Å². The number of aliphatic hydroxyl groups excluding tert-OH is 1. The standard InChI is InChI=1S/C19H25ClN4O7S2.K/c1-13(25)30-10-9-23-16(17(26)24(19(23)32)15-6-2-3-7-21-15)18-22(12-14(20)31-18)8-4-5-11-33(27,28)29;/h2-3,6-7,13-14,25H,4-5,8-12H2,1H3,(H,27,28,29);/q;+1/p-1. The van der Waals surface area contributed by atoms with Crippen LogP contribution in [0.2, 0.25) is 0 Å². The van der Waals surface area contributed by atoms with Crippen LogP contribution in [0.1, 0.15) is 19.8 Å². The van der Waals surface area contributed by atoms with E-state index in [1.165, 1.54) is 22.9 Å². The fraction of sp³-hybridized carbons (Fsp3) is 0.526. The molecule has 2 unspecified atom stereocenters. The van der Waals surface area contributed by atoms with E-state index in [2.05, 4.69) is 4.98 Å². The third kappa shape index (κ3) is 7.80. The van der Waals surface area contributed by atoms with E-state index >= 15 is 0 Å². The first-order valence-electron chi connectivity index (χ1n) is 10.2. The van der Waals surface area contributed by atoms with Gasteiger partial charge >= 0.3 is 51.4 Å². The number of rotatable bonds is 10. The van der Waals surface area contributed by atoms with Gasteiger partial charge in [-0.05, 0) is 44.1 Å². The molecule has 15 heteroatoms. The van der Waals surface area contributed by atoms with Crippen molar-refractivity contribution in [2.45, 2.75) is 31.6 Å². The summed E-state index contributed by atoms with van der Waals surface area (Å²) >= 11 is 11.8. The Bertz CT molecular complexity index is 1010. The summed E-state index contributed by atoms with van der Waals surface area (Å²) in [7, 11) is -4.31. The summed E-state index contributed by atoms with van der Waals surface area (Å²) in [6.45, 7) is 2.26. The summed E-state index contributed by atoms with van der Waals surface area (Å²) in [5, 5.41) is 9.58. The number of aliphatic hydroxyl groups is 1. The number of aromatic nitrogens is 1. The van der Waals surface area contributed by atoms with Crippen LogP contribution in [0.5, 0.6) is 0 Å². The molecule has 2 aliphatic rings. The van der Waals surface area contributed by atoms with Gasteiger partial charge in [-0.2, -0.15) is 0 Å². The minimum absolute atomic E-state index is 0. The van der Waals surface area contributed by atoms with E-state index in [-0.39, 0.29) is 94.2 Å². The summed E-state index contributed by atoms with van der Waals surface area (Å²) in [6.07, 6.45) is 1.08. The number of pyridine rings is 1. The minimum atomic E-state index is -4.31. The van der Waals surface area contributed by atoms with Gasteiger partial charge < -0.3 is 28.9 Å². The second-order valence-corrected chi connectivity index (χ2v) is 9.70. The van der Waals surface area contributed by atoms with Crippen molar-refractivity contribution in [1.82, 2.24) is 14.8 Å². The molecule has 1 N–H and O–H groups in total. The largest absolute Gasteiger partial charge is 1.00 e. The first-order valence-corrected chi connectivity index (χ1v) is 12.6. The van der Waals surface area contributed by atoms with E-state index in [0.717, 1.165) is 0 Å². The van der Waals surface area contributed by atoms with Crippen LogP contribution in [0.4, 0.5) is 5.82 Å². The maximum absolute atomic E-state index is 13.5. The van der Waals surface area contributed by atoms with Gasteiger partial charge in [0.25, 0.3) is 5.91 Å². The van der Waals surface area contributed by atoms with Crippen molar-refractivity contribution in [2.24, 2.45) is 0 Å². The van der Waals surface area contributed by atoms with Crippen molar-refractivity contribution < 1.29 is 83.7 Å². The molecule has 2 atom stereocenters. The van der Waals surface area contributed by atoms with Gasteiger partial charge in [-0.3, -0.25) is 4.79 Å². The molecule has 34 heavy (non-hydrogen) atoms. The second kappa shape index (κ2) is 13.2. The van der Waals surface area contributed by atoms with Crippen molar-refractivity contribution in [1.29, 1.82) is 0 Å². The molecule has 11 nitrogen and oxygen atoms in total. The Morgan fingerprint density at radius 2 is 2.12 bits per heavy atom. The predicted octanol–water partition coefficient (Wildman–Crippen LogP) is -2.23. The Hall–Kier alpha value is -0.394. The van der Waals surface area contributed by atoms with Gasteiger partial charge in [0.15, 0.2) is 22.7 Å². The van der Waals surface area contributed by atoms with Crippen molar-refractivity contribution in [3.05, 3.63) is 36.0 Å². The number of anilines is 1. The van der Waals surface area contributed by atoms with Crippen molar-refractivity contribution >= 4 is 50.8 Å². The number of nitrogens with zero attached hydrogens (tertiary/aromatic N) is 4. The average Bonchev–Trinajstić information content (AvgIpc) is 3.21. The normalized spacial score (nSPS) is 21.6. The zero-order chi connectivity index (χ0) is 24.2. The maximum Gasteiger partial charge on any atom is 1.00 e. The summed E-state index contributed by atoms with van der Waals surface area (Å²) < 4.78 is 43.6. The van der Waals surface area contributed by atoms with Crippen LogP contribution in [-0.4, -0.2) is 87.7 Å². The molecule has 2 saturated heterocycles. The van der Waals surface area contributed by atoms with Crippen LogP contribution in [0, 0.1) is 0 Å². The van der Waals surface area contributed by atoms with E-state index in [0.29, 0.717) is 18.8 Å². The Labute approximate surface area is 251 Å². The average molecular weight is 559 g/mol. The van der Waals surface area contributed by atoms with Crippen LogP contribution < -0.4 is 56.3 Å². The number of carbonyl (C=O) groups is 1. The number of hydrogen-bond acceptors (Lipinski definition) is 10. The van der Waals surface area contributed by atoms with Crippen molar-refractivity contribution in [3.63, 3.8) is 0 Å². The Morgan fingerprint density at radius 3 is 2.74 bits per heavy atom. The predicted molar refractivity (Wildman–Crippen MR) is 122 cm³/mol. The number of alkyl halides is 1. The summed E-state index contributed by atoms with van der Waals surface area (Å²) in [5.74, 6) is -0.416. The molecule has 0 spiro atoms. The van der Waals surface area contributed by atoms with Gasteiger partial charge in [-0.1, -0.05) is 17.7 Å². The molecular formula is C19H24ClKN4O7S2. The molecule has 3 heterocycles. The molecule has 1 aromatic rings. The zero-order valence-corrected chi connectivity index (χ0v) is 24.3. The molecule has 182 valence electrons. The molecule has 1 amide bonds. The van der Waals surface area contributed by atoms with E-state index in [9.17, 15) is 22.9 Å². The summed E-state index contributed by atoms with van der Waals surface area (Å²) in [6, 6.07) is 5.08. The fourth-order valence-electron chi connectivity index (χ4n) is 3.41. The molecule has 0 saturated carbocycles. The third-order valence-corrected chi connectivity index (χ3v) is 6.23. The number of halogens is 1. The van der Waals surface area contributed by atoms with Crippen LogP contribution in [-0.2, 0) is 24.4 Å². The van der Waals surface area contributed by atoms with Gasteiger partial charge in [-0.25, -0.2) is 18.3 Å². The van der Waals surface area contributed by atoms with Crippen molar-refractivity contribution in [3.8, 4) is 0 Å². The summed E-state index contributed by atoms with van der Waals surface area (Å²) in [4.78, 5) is 22.2. The molecular weight excluding hydrogens is 535 g/mol. The molecule has 1 aromatic heterocycles. The van der Waals surface area contributed by atoms with Crippen molar-refractivity contribution in [2.75, 3.05) is 36.9 Å². The maximum atomic E-state index is 13.5. The van der Waals surface area contributed by atoms with Gasteiger partial charge in [0, 0.05) is 25.0 Å². The van der Waals surface area contributed by atoms with Crippen LogP contribution in [0.3, 0.4) is 0 Å². The van der Waals surface area contributed by atoms with E-state index in [4.69, 9.17) is 33.3 Å². The van der Waals surface area contributed by atoms with Crippen LogP contribution in [0.25, 0.3) is 0 Å². The number of unbranched alkanes of at least 4 members (excludes halogenated alkanes) is 1. The Kier molecular flexibility index (Phi) is 11.6. The van der Waals surface area contributed by atoms with E-state index < -0.39 is 33.6 Å². The molecule has 0 aliphatic carbocycles. The fourth-order valence-corrected chi connectivity index (χ4v) is 4.58. The van der Waals surface area contributed by atoms with Gasteiger partial charge in [0.1, 0.15) is 5.82 Å². The van der Waals surface area contributed by atoms with Gasteiger partial charge in [0.2, 0.25) is 5.88 Å². The van der Waals surface area contributed by atoms with E-state index in [1.54, 1.807) is 23.1 Å². The number of amides is 1. The number of carbonyl (C=O) groups excluding carboxylic acids is 1. The Balaban J connectivity index is 0.00000408. The summed E-state index contributed by atoms with van der Waals surface area (Å²) in [5.41, 5.74) is -0.601. The third-order valence-electron chi connectivity index (χ3n) is 4.82. The van der Waals surface area contributed by atoms with Crippen LogP contribution in [0.15, 0.2) is 36.0 Å². The van der Waals surface area contributed by atoms with Gasteiger partial charge in [0.05, 0.1) is 23.3 Å². The molecule has 0 aromatic carbocycles. The SMILES string of the molecule is CC(O)OCCN1C(=S)N(c2ccccn2)C(=O)C1=C1OC(Cl)CN1CCCCS(=O)(=O)[O-].[K+]. The molecule has 2 fully saturated rings. The quantitative estimate of drug-likeness (QED) is 0.0635. The van der Waals surface area contributed by atoms with Gasteiger partial charge in [-0.15, -0.1) is 0 Å². The molecule has 0 radical (unpaired) electrons. The monoisotopic (exact) mass is 558 g/mol. The molecule has 2 aliphatic heterocycles. The number of ether oxygens (including phenoxy) is 2. The number of thiocarbonyl (C=S) groups is 1.